The van der Waals surface area contributed by atoms with Gasteiger partial charge < -0.3 is 0 Å². The molecular formula is C24H22N4S. The van der Waals surface area contributed by atoms with Crippen LogP contribution >= 0.6 is 11.8 Å². The molecular weight excluding hydrogens is 376 g/mol. The molecule has 0 saturated carbocycles. The average molecular weight is 399 g/mol. The first-order chi connectivity index (χ1) is 14.0. The third-order valence-electron chi connectivity index (χ3n) is 5.26. The van der Waals surface area contributed by atoms with Crippen LogP contribution < -0.4 is 0 Å². The Bertz CT molecular complexity index is 1230. The summed E-state index contributed by atoms with van der Waals surface area (Å²) in [5.74, 6) is 1.57. The van der Waals surface area contributed by atoms with Crippen molar-refractivity contribution in [2.24, 2.45) is 5.10 Å². The molecule has 0 atom stereocenters. The van der Waals surface area contributed by atoms with E-state index in [0.717, 1.165) is 33.6 Å². The largest absolute Gasteiger partial charge is 0.212 e. The van der Waals surface area contributed by atoms with Crippen molar-refractivity contribution in [3.05, 3.63) is 77.9 Å². The first-order valence-electron chi connectivity index (χ1n) is 9.75. The summed E-state index contributed by atoms with van der Waals surface area (Å²) in [6.45, 7) is 6.66. The van der Waals surface area contributed by atoms with E-state index < -0.39 is 0 Å². The zero-order chi connectivity index (χ0) is 20.0. The van der Waals surface area contributed by atoms with E-state index in [2.05, 4.69) is 97.7 Å². The molecule has 1 aromatic heterocycles. The second-order valence-electron chi connectivity index (χ2n) is 8.34. The van der Waals surface area contributed by atoms with Crippen LogP contribution in [0.3, 0.4) is 0 Å². The molecule has 4 nitrogen and oxygen atoms in total. The Kier molecular flexibility index (Phi) is 4.28. The Morgan fingerprint density at radius 1 is 0.828 bits per heavy atom. The highest BCUT2D eigenvalue weighted by Crippen LogP contribution is 2.30. The van der Waals surface area contributed by atoms with Gasteiger partial charge in [0.05, 0.1) is 5.71 Å². The standard InChI is InChI=1S/C24H22N4S/c1-24(2,3)20-12-10-17(11-13-20)22-25-26-23-28(22)27-21(15-29-23)19-9-8-16-6-4-5-7-18(16)14-19/h4-14H,15H2,1-3H3. The predicted molar refractivity (Wildman–Crippen MR) is 121 cm³/mol. The van der Waals surface area contributed by atoms with Crippen molar-refractivity contribution in [1.29, 1.82) is 0 Å². The molecule has 29 heavy (non-hydrogen) atoms. The van der Waals surface area contributed by atoms with Crippen molar-refractivity contribution in [2.45, 2.75) is 31.3 Å². The number of thioether (sulfide) groups is 1. The van der Waals surface area contributed by atoms with Gasteiger partial charge in [-0.1, -0.05) is 93.2 Å². The van der Waals surface area contributed by atoms with Gasteiger partial charge in [-0.15, -0.1) is 10.2 Å². The van der Waals surface area contributed by atoms with Crippen molar-refractivity contribution in [3.63, 3.8) is 0 Å². The van der Waals surface area contributed by atoms with Crippen LogP contribution in [0.1, 0.15) is 31.9 Å². The zero-order valence-electron chi connectivity index (χ0n) is 16.8. The van der Waals surface area contributed by atoms with E-state index in [1.54, 1.807) is 11.8 Å². The normalized spacial score (nSPS) is 14.0. The molecule has 1 aliphatic heterocycles. The smallest absolute Gasteiger partial charge is 0.187 e. The molecule has 5 rings (SSSR count). The molecule has 0 spiro atoms. The molecule has 1 aliphatic rings. The molecule has 0 bridgehead atoms. The first kappa shape index (κ1) is 18.1. The molecule has 0 fully saturated rings. The van der Waals surface area contributed by atoms with Crippen LogP contribution in [-0.2, 0) is 5.41 Å². The second-order valence-corrected chi connectivity index (χ2v) is 9.29. The topological polar surface area (TPSA) is 43.1 Å². The van der Waals surface area contributed by atoms with Gasteiger partial charge in [-0.25, -0.2) is 0 Å². The molecule has 0 unspecified atom stereocenters. The lowest BCUT2D eigenvalue weighted by atomic mass is 9.87. The summed E-state index contributed by atoms with van der Waals surface area (Å²) < 4.78 is 1.88. The minimum atomic E-state index is 0.125. The lowest BCUT2D eigenvalue weighted by Crippen LogP contribution is -2.14. The highest BCUT2D eigenvalue weighted by atomic mass is 32.2. The van der Waals surface area contributed by atoms with Crippen molar-refractivity contribution >= 4 is 28.2 Å². The minimum Gasteiger partial charge on any atom is -0.187 e. The van der Waals surface area contributed by atoms with E-state index in [1.165, 1.54) is 16.3 Å². The summed E-state index contributed by atoms with van der Waals surface area (Å²) >= 11 is 1.68. The van der Waals surface area contributed by atoms with Gasteiger partial charge in [0.15, 0.2) is 5.82 Å². The molecule has 0 amide bonds. The number of hydrogen-bond acceptors (Lipinski definition) is 4. The Morgan fingerprint density at radius 2 is 1.55 bits per heavy atom. The van der Waals surface area contributed by atoms with Crippen molar-refractivity contribution in [2.75, 3.05) is 5.75 Å². The van der Waals surface area contributed by atoms with E-state index >= 15 is 0 Å². The molecule has 0 aliphatic carbocycles. The summed E-state index contributed by atoms with van der Waals surface area (Å²) in [6.07, 6.45) is 0. The van der Waals surface area contributed by atoms with Gasteiger partial charge in [-0.2, -0.15) is 9.78 Å². The van der Waals surface area contributed by atoms with Gasteiger partial charge in [0.25, 0.3) is 0 Å². The van der Waals surface area contributed by atoms with Crippen LogP contribution in [0.25, 0.3) is 22.2 Å². The fourth-order valence-corrected chi connectivity index (χ4v) is 4.38. The van der Waals surface area contributed by atoms with Gasteiger partial charge in [0, 0.05) is 11.3 Å². The number of hydrogen-bond donors (Lipinski definition) is 0. The van der Waals surface area contributed by atoms with Gasteiger partial charge in [0.1, 0.15) is 0 Å². The monoisotopic (exact) mass is 398 g/mol. The van der Waals surface area contributed by atoms with Crippen LogP contribution in [-0.4, -0.2) is 26.3 Å². The molecule has 2 heterocycles. The Balaban J connectivity index is 1.54. The van der Waals surface area contributed by atoms with Crippen molar-refractivity contribution < 1.29 is 0 Å². The lowest BCUT2D eigenvalue weighted by molar-refractivity contribution is 0.590. The number of benzene rings is 3. The number of rotatable bonds is 2. The molecule has 4 aromatic rings. The maximum absolute atomic E-state index is 4.92. The SMILES string of the molecule is CC(C)(C)c1ccc(-c2nnc3n2N=C(c2ccc4ccccc4c2)CS3)cc1. The van der Waals surface area contributed by atoms with E-state index in [-0.39, 0.29) is 5.41 Å². The van der Waals surface area contributed by atoms with Gasteiger partial charge in [0.2, 0.25) is 5.16 Å². The van der Waals surface area contributed by atoms with Crippen LogP contribution in [0, 0.1) is 0 Å². The molecule has 0 N–H and O–H groups in total. The van der Waals surface area contributed by atoms with Gasteiger partial charge >= 0.3 is 0 Å². The molecule has 0 saturated heterocycles. The maximum atomic E-state index is 4.92. The number of aromatic nitrogens is 3. The first-order valence-corrected chi connectivity index (χ1v) is 10.7. The summed E-state index contributed by atoms with van der Waals surface area (Å²) in [5, 5.41) is 17.0. The molecule has 3 aromatic carbocycles. The highest BCUT2D eigenvalue weighted by molar-refractivity contribution is 7.99. The van der Waals surface area contributed by atoms with Crippen LogP contribution in [0.4, 0.5) is 0 Å². The van der Waals surface area contributed by atoms with Crippen LogP contribution in [0.2, 0.25) is 0 Å². The van der Waals surface area contributed by atoms with E-state index in [1.807, 2.05) is 4.68 Å². The summed E-state index contributed by atoms with van der Waals surface area (Å²) in [5.41, 5.74) is 4.64. The molecule has 5 heteroatoms. The van der Waals surface area contributed by atoms with Gasteiger partial charge in [-0.05, 0) is 33.4 Å². The minimum absolute atomic E-state index is 0.125. The summed E-state index contributed by atoms with van der Waals surface area (Å²) in [4.78, 5) is 0. The Morgan fingerprint density at radius 3 is 2.31 bits per heavy atom. The third-order valence-corrected chi connectivity index (χ3v) is 6.19. The number of fused-ring (bicyclic) bond motifs is 2. The van der Waals surface area contributed by atoms with E-state index in [9.17, 15) is 0 Å². The third kappa shape index (κ3) is 3.36. The summed E-state index contributed by atoms with van der Waals surface area (Å²) in [6, 6.07) is 23.5. The van der Waals surface area contributed by atoms with Crippen molar-refractivity contribution in [1.82, 2.24) is 14.9 Å². The second kappa shape index (κ2) is 6.85. The fraction of sp³-hybridized carbons (Fsp3) is 0.208. The van der Waals surface area contributed by atoms with Gasteiger partial charge in [-0.3, -0.25) is 0 Å². The maximum Gasteiger partial charge on any atom is 0.212 e. The van der Waals surface area contributed by atoms with Crippen molar-refractivity contribution in [3.8, 4) is 11.4 Å². The van der Waals surface area contributed by atoms with Crippen LogP contribution in [0.15, 0.2) is 77.0 Å². The quantitative estimate of drug-likeness (QED) is 0.431. The number of nitrogens with zero attached hydrogens (tertiary/aromatic N) is 4. The average Bonchev–Trinajstić information content (AvgIpc) is 3.16. The summed E-state index contributed by atoms with van der Waals surface area (Å²) in [7, 11) is 0. The predicted octanol–water partition coefficient (Wildman–Crippen LogP) is 5.75. The lowest BCUT2D eigenvalue weighted by Gasteiger charge is -2.19. The fourth-order valence-electron chi connectivity index (χ4n) is 3.54. The van der Waals surface area contributed by atoms with E-state index in [0.29, 0.717) is 0 Å². The Labute approximate surface area is 174 Å². The zero-order valence-corrected chi connectivity index (χ0v) is 17.6. The molecule has 144 valence electrons. The molecule has 0 radical (unpaired) electrons. The van der Waals surface area contributed by atoms with E-state index in [4.69, 9.17) is 5.10 Å². The van der Waals surface area contributed by atoms with Crippen LogP contribution in [0.5, 0.6) is 0 Å². The Hall–Kier alpha value is -2.92. The highest BCUT2D eigenvalue weighted by Gasteiger charge is 2.21.